The molecule has 4 rings (SSSR count). The summed E-state index contributed by atoms with van der Waals surface area (Å²) in [7, 11) is 0. The number of benzene rings is 1. The van der Waals surface area contributed by atoms with Crippen molar-refractivity contribution in [1.82, 2.24) is 20.9 Å². The summed E-state index contributed by atoms with van der Waals surface area (Å²) in [5, 5.41) is 20.6. The summed E-state index contributed by atoms with van der Waals surface area (Å²) in [6.07, 6.45) is 0.851. The lowest BCUT2D eigenvalue weighted by atomic mass is 9.85. The molecule has 1 aliphatic carbocycles. The van der Waals surface area contributed by atoms with E-state index in [1.807, 2.05) is 19.8 Å². The third-order valence-corrected chi connectivity index (χ3v) is 9.24. The summed E-state index contributed by atoms with van der Waals surface area (Å²) >= 11 is 0. The van der Waals surface area contributed by atoms with Crippen LogP contribution in [0, 0.1) is 57.4 Å². The number of carbonyl (C=O) groups excluding carboxylic acids is 4. The van der Waals surface area contributed by atoms with Crippen LogP contribution in [0.15, 0.2) is 17.8 Å². The number of nitrogens with zero attached hydrogens (tertiary/aromatic N) is 2. The molecule has 0 spiro atoms. The van der Waals surface area contributed by atoms with Gasteiger partial charge in [-0.1, -0.05) is 34.6 Å². The second kappa shape index (κ2) is 12.2. The summed E-state index contributed by atoms with van der Waals surface area (Å²) in [4.78, 5) is 53.7. The molecule has 44 heavy (non-hydrogen) atoms. The maximum absolute atomic E-state index is 14.2. The number of nitrogens with one attached hydrogen (secondary N) is 4. The largest absolute Gasteiger partial charge is 0.379 e. The first-order valence-corrected chi connectivity index (χ1v) is 14.7. The molecule has 238 valence electrons. The van der Waals surface area contributed by atoms with Gasteiger partial charge in [0, 0.05) is 31.1 Å². The van der Waals surface area contributed by atoms with Gasteiger partial charge in [0.2, 0.25) is 17.7 Å². The van der Waals surface area contributed by atoms with Crippen molar-refractivity contribution in [3.05, 3.63) is 35.3 Å². The Balaban J connectivity index is 1.51. The predicted octanol–water partition coefficient (Wildman–Crippen LogP) is 2.64. The number of allylic oxidation sites excluding steroid dienone is 1. The van der Waals surface area contributed by atoms with E-state index < -0.39 is 70.4 Å². The smallest absolute Gasteiger partial charge is 0.246 e. The zero-order valence-corrected chi connectivity index (χ0v) is 25.7. The number of carbonyl (C=O) groups is 3. The van der Waals surface area contributed by atoms with Gasteiger partial charge in [-0.2, -0.15) is 5.26 Å². The van der Waals surface area contributed by atoms with Crippen molar-refractivity contribution in [2.75, 3.05) is 18.4 Å². The average Bonchev–Trinajstić information content (AvgIpc) is 3.31. The van der Waals surface area contributed by atoms with Gasteiger partial charge in [0.05, 0.1) is 11.8 Å². The first-order valence-electron chi connectivity index (χ1n) is 14.7. The van der Waals surface area contributed by atoms with Crippen LogP contribution in [0.1, 0.15) is 54.4 Å². The Morgan fingerprint density at radius 1 is 1.16 bits per heavy atom. The van der Waals surface area contributed by atoms with E-state index in [1.165, 1.54) is 11.8 Å². The molecule has 0 radical (unpaired) electrons. The molecule has 0 unspecified atom stereocenters. The first kappa shape index (κ1) is 32.9. The normalized spacial score (nSPS) is 25.5. The van der Waals surface area contributed by atoms with Gasteiger partial charge in [-0.15, -0.1) is 0 Å². The van der Waals surface area contributed by atoms with Crippen LogP contribution in [0.3, 0.4) is 0 Å². The molecule has 1 aromatic rings. The Kier molecular flexibility index (Phi) is 9.08. The van der Waals surface area contributed by atoms with Gasteiger partial charge in [-0.05, 0) is 42.4 Å². The molecule has 2 heterocycles. The third kappa shape index (κ3) is 6.41. The van der Waals surface area contributed by atoms with Crippen LogP contribution < -0.4 is 21.3 Å². The number of nitriles is 1. The third-order valence-electron chi connectivity index (χ3n) is 9.24. The van der Waals surface area contributed by atoms with Crippen molar-refractivity contribution in [2.45, 2.75) is 78.6 Å². The molecule has 4 N–H and O–H groups in total. The molecule has 3 aliphatic rings. The summed E-state index contributed by atoms with van der Waals surface area (Å²) in [6.45, 7) is 11.4. The molecule has 7 atom stereocenters. The lowest BCUT2D eigenvalue weighted by molar-refractivity contribution is -0.145. The van der Waals surface area contributed by atoms with E-state index in [-0.39, 0.29) is 36.1 Å². The maximum Gasteiger partial charge on any atom is 0.246 e. The number of anilines is 1. The number of hydrogen-bond acceptors (Lipinski definition) is 7. The number of hydrogen-bond donors (Lipinski definition) is 4. The van der Waals surface area contributed by atoms with Gasteiger partial charge >= 0.3 is 0 Å². The monoisotopic (exact) mass is 616 g/mol. The molecule has 10 nitrogen and oxygen atoms in total. The lowest BCUT2D eigenvalue weighted by Crippen LogP contribution is -2.61. The molecule has 13 heteroatoms. The molecule has 2 aliphatic heterocycles. The van der Waals surface area contributed by atoms with Crippen LogP contribution in [0.4, 0.5) is 18.9 Å². The van der Waals surface area contributed by atoms with Crippen LogP contribution in [-0.4, -0.2) is 65.8 Å². The maximum atomic E-state index is 14.2. The second-order valence-electron chi connectivity index (χ2n) is 13.7. The molecule has 1 saturated carbocycles. The van der Waals surface area contributed by atoms with Gasteiger partial charge in [-0.25, -0.2) is 18.0 Å². The summed E-state index contributed by atoms with van der Waals surface area (Å²) in [5.74, 6) is -3.76. The highest BCUT2D eigenvalue weighted by molar-refractivity contribution is 5.95. The van der Waals surface area contributed by atoms with Gasteiger partial charge in [0.25, 0.3) is 0 Å². The van der Waals surface area contributed by atoms with E-state index in [0.717, 1.165) is 0 Å². The van der Waals surface area contributed by atoms with Crippen LogP contribution >= 0.6 is 0 Å². The van der Waals surface area contributed by atoms with Crippen molar-refractivity contribution in [2.24, 2.45) is 28.6 Å². The predicted molar refractivity (Wildman–Crippen MR) is 155 cm³/mol. The van der Waals surface area contributed by atoms with E-state index >= 15 is 0 Å². The Hall–Kier alpha value is -4.04. The highest BCUT2D eigenvalue weighted by atomic mass is 19.1. The number of rotatable bonds is 9. The van der Waals surface area contributed by atoms with Crippen molar-refractivity contribution in [1.29, 1.82) is 5.26 Å². The van der Waals surface area contributed by atoms with Gasteiger partial charge in [0.1, 0.15) is 41.6 Å². The lowest BCUT2D eigenvalue weighted by Gasteiger charge is -2.38. The van der Waals surface area contributed by atoms with Crippen LogP contribution in [0.2, 0.25) is 0 Å². The Bertz CT molecular complexity index is 1410. The van der Waals surface area contributed by atoms with E-state index in [2.05, 4.69) is 27.3 Å². The minimum Gasteiger partial charge on any atom is -0.379 e. The first-order chi connectivity index (χ1) is 20.5. The highest BCUT2D eigenvalue weighted by Crippen LogP contribution is 2.65. The molecule has 1 aromatic carbocycles. The number of piperidine rings is 1. The highest BCUT2D eigenvalue weighted by Gasteiger charge is 2.69. The van der Waals surface area contributed by atoms with Crippen molar-refractivity contribution < 1.29 is 32.3 Å². The Morgan fingerprint density at radius 3 is 2.36 bits per heavy atom. The SMILES string of the molecule is C[C@H](Nc1c(F)cc(F)cc1F)C(=O)N[C@H](C(=O)N1C[C@H]2[C@@H]([C@H]1C(=O)N[C@H](C#N)C[C@@H]1CCNC1=C=O)C2(C)C)C(C)(C)C. The molecule has 3 amide bonds. The second-order valence-corrected chi connectivity index (χ2v) is 13.7. The summed E-state index contributed by atoms with van der Waals surface area (Å²) < 4.78 is 41.7. The van der Waals surface area contributed by atoms with E-state index in [9.17, 15) is 37.6 Å². The van der Waals surface area contributed by atoms with E-state index in [0.29, 0.717) is 30.8 Å². The average molecular weight is 617 g/mol. The molecule has 3 fully saturated rings. The quantitative estimate of drug-likeness (QED) is 0.313. The molecular weight excluding hydrogens is 577 g/mol. The number of amides is 3. The van der Waals surface area contributed by atoms with Crippen LogP contribution in [0.5, 0.6) is 0 Å². The molecular formula is C31H39F3N6O4. The fourth-order valence-corrected chi connectivity index (χ4v) is 6.57. The van der Waals surface area contributed by atoms with Gasteiger partial charge < -0.3 is 26.2 Å². The van der Waals surface area contributed by atoms with Gasteiger partial charge in [-0.3, -0.25) is 14.4 Å². The standard InChI is InChI=1S/C31H39F3N6O4/c1-15(37-24-20(33)10-17(32)11-21(24)34)27(42)39-26(30(2,3)4)29(44)40-13-19-23(31(19,5)6)25(40)28(43)38-18(12-35)9-16-7-8-36-22(16)14-41/h10-11,15-16,18-19,23,25-26,36-37H,7-9,13H2,1-6H3,(H,38,43)(H,39,42)/t15-,16-,18-,19-,23-,25-,26+/m0/s1. The van der Waals surface area contributed by atoms with Crippen molar-refractivity contribution in [3.63, 3.8) is 0 Å². The van der Waals surface area contributed by atoms with Crippen molar-refractivity contribution >= 4 is 29.4 Å². The number of likely N-dealkylation sites (tertiary alicyclic amines) is 1. The van der Waals surface area contributed by atoms with Crippen molar-refractivity contribution in [3.8, 4) is 6.07 Å². The van der Waals surface area contributed by atoms with E-state index in [1.54, 1.807) is 20.8 Å². The Labute approximate surface area is 254 Å². The number of fused-ring (bicyclic) bond motifs is 1. The summed E-state index contributed by atoms with van der Waals surface area (Å²) in [6, 6.07) is -1.04. The minimum atomic E-state index is -1.21. The summed E-state index contributed by atoms with van der Waals surface area (Å²) in [5.41, 5.74) is -1.35. The zero-order valence-electron chi connectivity index (χ0n) is 25.7. The van der Waals surface area contributed by atoms with Gasteiger partial charge in [0.15, 0.2) is 11.6 Å². The fourth-order valence-electron chi connectivity index (χ4n) is 6.57. The molecule has 0 aromatic heterocycles. The van der Waals surface area contributed by atoms with E-state index in [4.69, 9.17) is 0 Å². The Morgan fingerprint density at radius 2 is 1.80 bits per heavy atom. The molecule has 0 bridgehead atoms. The number of halogens is 3. The fraction of sp³-hybridized carbons (Fsp3) is 0.613. The minimum absolute atomic E-state index is 0.0349. The van der Waals surface area contributed by atoms with Crippen LogP contribution in [-0.2, 0) is 19.2 Å². The zero-order chi connectivity index (χ0) is 32.7. The topological polar surface area (TPSA) is 143 Å². The van der Waals surface area contributed by atoms with Crippen LogP contribution in [0.25, 0.3) is 0 Å². The molecule has 2 saturated heterocycles.